The van der Waals surface area contributed by atoms with Gasteiger partial charge in [-0.1, -0.05) is 13.3 Å². The second-order valence-electron chi connectivity index (χ2n) is 3.73. The van der Waals surface area contributed by atoms with Crippen LogP contribution < -0.4 is 0 Å². The molecule has 6 nitrogen and oxygen atoms in total. The van der Waals surface area contributed by atoms with E-state index in [-0.39, 0.29) is 11.3 Å². The van der Waals surface area contributed by atoms with Crippen molar-refractivity contribution in [2.75, 3.05) is 6.61 Å². The number of ether oxygens (including phenoxy) is 1. The molecule has 1 aromatic heterocycles. The number of nitrogens with zero attached hydrogens (tertiary/aromatic N) is 2. The molecule has 17 heavy (non-hydrogen) atoms. The van der Waals surface area contributed by atoms with E-state index in [4.69, 9.17) is 9.84 Å². The molecule has 0 aliphatic heterocycles. The average molecular weight is 240 g/mol. The summed E-state index contributed by atoms with van der Waals surface area (Å²) in [7, 11) is 1.52. The molecule has 0 atom stereocenters. The lowest BCUT2D eigenvalue weighted by Crippen LogP contribution is -2.15. The van der Waals surface area contributed by atoms with Gasteiger partial charge in [0.2, 0.25) is 0 Å². The van der Waals surface area contributed by atoms with Gasteiger partial charge in [0, 0.05) is 7.05 Å². The van der Waals surface area contributed by atoms with E-state index < -0.39 is 11.9 Å². The molecule has 1 N–H and O–H groups in total. The van der Waals surface area contributed by atoms with Crippen molar-refractivity contribution in [3.05, 3.63) is 17.0 Å². The highest BCUT2D eigenvalue weighted by Crippen LogP contribution is 2.14. The number of hydrogen-bond donors (Lipinski definition) is 1. The first kappa shape index (κ1) is 13.2. The summed E-state index contributed by atoms with van der Waals surface area (Å²) >= 11 is 0. The fraction of sp³-hybridized carbons (Fsp3) is 0.545. The lowest BCUT2D eigenvalue weighted by molar-refractivity contribution is 0.0477. The molecule has 0 aromatic carbocycles. The standard InChI is InChI=1S/C11H16N2O4/c1-4-5-6-17-11(16)9-8(10(14)15)7(2)12-13(9)3/h4-6H2,1-3H3,(H,14,15). The molecule has 0 bridgehead atoms. The van der Waals surface area contributed by atoms with Crippen LogP contribution in [0.15, 0.2) is 0 Å². The fourth-order valence-electron chi connectivity index (χ4n) is 1.53. The van der Waals surface area contributed by atoms with Crippen molar-refractivity contribution in [3.63, 3.8) is 0 Å². The van der Waals surface area contributed by atoms with Gasteiger partial charge in [0.15, 0.2) is 5.69 Å². The number of aryl methyl sites for hydroxylation is 2. The molecule has 1 rings (SSSR count). The Bertz CT molecular complexity index is 437. The van der Waals surface area contributed by atoms with Crippen LogP contribution in [0.4, 0.5) is 0 Å². The highest BCUT2D eigenvalue weighted by molar-refractivity contribution is 6.02. The Morgan fingerprint density at radius 2 is 2.12 bits per heavy atom. The highest BCUT2D eigenvalue weighted by atomic mass is 16.5. The monoisotopic (exact) mass is 240 g/mol. The molecule has 1 aromatic rings. The molecule has 0 saturated heterocycles. The summed E-state index contributed by atoms with van der Waals surface area (Å²) < 4.78 is 6.23. The highest BCUT2D eigenvalue weighted by Gasteiger charge is 2.25. The van der Waals surface area contributed by atoms with Gasteiger partial charge in [-0.15, -0.1) is 0 Å². The lowest BCUT2D eigenvalue weighted by Gasteiger charge is -2.04. The number of aromatic nitrogens is 2. The second kappa shape index (κ2) is 5.47. The van der Waals surface area contributed by atoms with Crippen LogP contribution in [-0.2, 0) is 11.8 Å². The fourth-order valence-corrected chi connectivity index (χ4v) is 1.53. The lowest BCUT2D eigenvalue weighted by atomic mass is 10.2. The molecule has 94 valence electrons. The Morgan fingerprint density at radius 3 is 2.65 bits per heavy atom. The Kier molecular flexibility index (Phi) is 4.25. The molecule has 0 unspecified atom stereocenters. The van der Waals surface area contributed by atoms with Crippen LogP contribution in [0.5, 0.6) is 0 Å². The minimum absolute atomic E-state index is 0.00824. The third kappa shape index (κ3) is 2.83. The number of carboxylic acids is 1. The smallest absolute Gasteiger partial charge is 0.357 e. The summed E-state index contributed by atoms with van der Waals surface area (Å²) in [5.41, 5.74) is 0.211. The van der Waals surface area contributed by atoms with Gasteiger partial charge in [0.25, 0.3) is 0 Å². The largest absolute Gasteiger partial charge is 0.478 e. The molecule has 0 fully saturated rings. The normalized spacial score (nSPS) is 10.3. The average Bonchev–Trinajstić information content (AvgIpc) is 2.53. The van der Waals surface area contributed by atoms with E-state index in [1.807, 2.05) is 6.92 Å². The molecule has 0 aliphatic rings. The number of carbonyl (C=O) groups excluding carboxylic acids is 1. The van der Waals surface area contributed by atoms with Gasteiger partial charge in [-0.2, -0.15) is 5.10 Å². The van der Waals surface area contributed by atoms with Crippen molar-refractivity contribution in [2.24, 2.45) is 7.05 Å². The van der Waals surface area contributed by atoms with E-state index in [1.165, 1.54) is 11.7 Å². The number of esters is 1. The van der Waals surface area contributed by atoms with E-state index >= 15 is 0 Å². The molecule has 0 saturated carbocycles. The maximum absolute atomic E-state index is 11.7. The summed E-state index contributed by atoms with van der Waals surface area (Å²) in [6.07, 6.45) is 1.66. The van der Waals surface area contributed by atoms with Crippen LogP contribution in [0.2, 0.25) is 0 Å². The molecule has 0 radical (unpaired) electrons. The predicted octanol–water partition coefficient (Wildman–Crippen LogP) is 1.38. The number of aromatic carboxylic acids is 1. The van der Waals surface area contributed by atoms with Crippen molar-refractivity contribution in [1.29, 1.82) is 0 Å². The maximum Gasteiger partial charge on any atom is 0.357 e. The second-order valence-corrected chi connectivity index (χ2v) is 3.73. The zero-order valence-corrected chi connectivity index (χ0v) is 10.2. The molecule has 1 heterocycles. The van der Waals surface area contributed by atoms with Gasteiger partial charge in [0.05, 0.1) is 12.3 Å². The third-order valence-corrected chi connectivity index (χ3v) is 2.36. The molecular weight excluding hydrogens is 224 g/mol. The summed E-state index contributed by atoms with van der Waals surface area (Å²) in [6.45, 7) is 3.82. The minimum atomic E-state index is -1.17. The number of carbonyl (C=O) groups is 2. The van der Waals surface area contributed by atoms with Crippen molar-refractivity contribution >= 4 is 11.9 Å². The van der Waals surface area contributed by atoms with Gasteiger partial charge in [-0.3, -0.25) is 4.68 Å². The Hall–Kier alpha value is -1.85. The van der Waals surface area contributed by atoms with Gasteiger partial charge in [-0.25, -0.2) is 9.59 Å². The van der Waals surface area contributed by atoms with E-state index in [0.29, 0.717) is 12.3 Å². The van der Waals surface area contributed by atoms with Crippen LogP contribution in [0.1, 0.15) is 46.3 Å². The van der Waals surface area contributed by atoms with Crippen molar-refractivity contribution in [3.8, 4) is 0 Å². The van der Waals surface area contributed by atoms with Gasteiger partial charge >= 0.3 is 11.9 Å². The molecular formula is C11H16N2O4. The summed E-state index contributed by atoms with van der Waals surface area (Å²) in [4.78, 5) is 22.8. The SMILES string of the molecule is CCCCOC(=O)c1c(C(=O)O)c(C)nn1C. The number of unbranched alkanes of at least 4 members (excludes halogenated alkanes) is 1. The van der Waals surface area contributed by atoms with Crippen molar-refractivity contribution in [2.45, 2.75) is 26.7 Å². The quantitative estimate of drug-likeness (QED) is 0.621. The van der Waals surface area contributed by atoms with Gasteiger partial charge < -0.3 is 9.84 Å². The maximum atomic E-state index is 11.7. The minimum Gasteiger partial charge on any atom is -0.478 e. The van der Waals surface area contributed by atoms with E-state index in [9.17, 15) is 9.59 Å². The number of carboxylic acid groups (broad SMARTS) is 1. The zero-order valence-electron chi connectivity index (χ0n) is 10.2. The number of hydrogen-bond acceptors (Lipinski definition) is 4. The zero-order chi connectivity index (χ0) is 13.0. The summed E-state index contributed by atoms with van der Waals surface area (Å²) in [6, 6.07) is 0. The summed E-state index contributed by atoms with van der Waals surface area (Å²) in [5.74, 6) is -1.81. The predicted molar refractivity (Wildman–Crippen MR) is 60.1 cm³/mol. The molecule has 6 heteroatoms. The first-order valence-electron chi connectivity index (χ1n) is 5.43. The Balaban J connectivity index is 2.96. The van der Waals surface area contributed by atoms with E-state index in [0.717, 1.165) is 12.8 Å². The first-order valence-corrected chi connectivity index (χ1v) is 5.43. The van der Waals surface area contributed by atoms with Crippen LogP contribution in [0, 0.1) is 6.92 Å². The Morgan fingerprint density at radius 1 is 1.47 bits per heavy atom. The first-order chi connectivity index (χ1) is 7.99. The van der Waals surface area contributed by atoms with Crippen LogP contribution in [-0.4, -0.2) is 33.4 Å². The van der Waals surface area contributed by atoms with Gasteiger partial charge in [-0.05, 0) is 13.3 Å². The van der Waals surface area contributed by atoms with Crippen LogP contribution >= 0.6 is 0 Å². The number of rotatable bonds is 5. The van der Waals surface area contributed by atoms with Crippen molar-refractivity contribution < 1.29 is 19.4 Å². The molecule has 0 amide bonds. The van der Waals surface area contributed by atoms with E-state index in [1.54, 1.807) is 6.92 Å². The summed E-state index contributed by atoms with van der Waals surface area (Å²) in [5, 5.41) is 12.9. The molecule has 0 spiro atoms. The Labute approximate surface area is 99.2 Å². The van der Waals surface area contributed by atoms with E-state index in [2.05, 4.69) is 5.10 Å². The topological polar surface area (TPSA) is 81.4 Å². The van der Waals surface area contributed by atoms with Crippen LogP contribution in [0.25, 0.3) is 0 Å². The van der Waals surface area contributed by atoms with Crippen LogP contribution in [0.3, 0.4) is 0 Å². The van der Waals surface area contributed by atoms with Gasteiger partial charge in [0.1, 0.15) is 5.56 Å². The third-order valence-electron chi connectivity index (χ3n) is 2.36. The van der Waals surface area contributed by atoms with Crippen molar-refractivity contribution in [1.82, 2.24) is 9.78 Å². The molecule has 0 aliphatic carbocycles.